The van der Waals surface area contributed by atoms with Crippen LogP contribution < -0.4 is 0 Å². The zero-order valence-corrected chi connectivity index (χ0v) is 15.3. The molecule has 2 aliphatic rings. The van der Waals surface area contributed by atoms with Gasteiger partial charge in [-0.25, -0.2) is 9.37 Å². The maximum absolute atomic E-state index is 13.1. The van der Waals surface area contributed by atoms with E-state index in [0.29, 0.717) is 32.7 Å². The third-order valence-electron chi connectivity index (χ3n) is 5.16. The second kappa shape index (κ2) is 8.19. The van der Waals surface area contributed by atoms with Gasteiger partial charge in [-0.15, -0.1) is 0 Å². The van der Waals surface area contributed by atoms with Gasteiger partial charge in [0.25, 0.3) is 0 Å². The van der Waals surface area contributed by atoms with Crippen LogP contribution in [0.15, 0.2) is 30.6 Å². The molecule has 0 spiro atoms. The van der Waals surface area contributed by atoms with Crippen LogP contribution in [-0.4, -0.2) is 52.8 Å². The van der Waals surface area contributed by atoms with E-state index in [9.17, 15) is 9.18 Å². The lowest BCUT2D eigenvalue weighted by atomic mass is 10.1. The Hall–Kier alpha value is -2.25. The fourth-order valence-electron chi connectivity index (χ4n) is 3.65. The summed E-state index contributed by atoms with van der Waals surface area (Å²) in [5.74, 6) is -0.171. The van der Waals surface area contributed by atoms with E-state index in [1.165, 1.54) is 12.1 Å². The number of hydrogen-bond acceptors (Lipinski definition) is 4. The van der Waals surface area contributed by atoms with Crippen molar-refractivity contribution in [2.75, 3.05) is 26.4 Å². The summed E-state index contributed by atoms with van der Waals surface area (Å²) in [6.45, 7) is 2.97. The average molecular weight is 373 g/mol. The van der Waals surface area contributed by atoms with Crippen molar-refractivity contribution in [3.8, 4) is 5.69 Å². The summed E-state index contributed by atoms with van der Waals surface area (Å²) >= 11 is 0. The molecule has 3 heterocycles. The Bertz CT molecular complexity index is 784. The Morgan fingerprint density at radius 3 is 2.96 bits per heavy atom. The van der Waals surface area contributed by atoms with Gasteiger partial charge < -0.3 is 18.9 Å². The maximum Gasteiger partial charge on any atom is 0.225 e. The summed E-state index contributed by atoms with van der Waals surface area (Å²) in [5, 5.41) is 0. The summed E-state index contributed by atoms with van der Waals surface area (Å²) in [6, 6.07) is 6.36. The van der Waals surface area contributed by atoms with Crippen molar-refractivity contribution in [1.29, 1.82) is 0 Å². The van der Waals surface area contributed by atoms with Crippen molar-refractivity contribution < 1.29 is 18.7 Å². The number of fused-ring (bicyclic) bond motifs is 1. The van der Waals surface area contributed by atoms with Crippen molar-refractivity contribution in [3.63, 3.8) is 0 Å². The first-order valence-electron chi connectivity index (χ1n) is 9.49. The lowest BCUT2D eigenvalue weighted by Gasteiger charge is -2.27. The molecule has 0 N–H and O–H groups in total. The van der Waals surface area contributed by atoms with Crippen LogP contribution in [0.3, 0.4) is 0 Å². The van der Waals surface area contributed by atoms with E-state index >= 15 is 0 Å². The Balaban J connectivity index is 1.30. The molecule has 2 aromatic rings. The van der Waals surface area contributed by atoms with Gasteiger partial charge in [0.05, 0.1) is 44.3 Å². The first kappa shape index (κ1) is 18.1. The zero-order valence-electron chi connectivity index (χ0n) is 15.3. The van der Waals surface area contributed by atoms with Crippen molar-refractivity contribution in [2.45, 2.75) is 38.3 Å². The van der Waals surface area contributed by atoms with Gasteiger partial charge in [0.1, 0.15) is 5.82 Å². The lowest BCUT2D eigenvalue weighted by molar-refractivity contribution is -0.133. The molecule has 144 valence electrons. The van der Waals surface area contributed by atoms with E-state index in [2.05, 4.69) is 4.98 Å². The van der Waals surface area contributed by atoms with Crippen LogP contribution in [-0.2, 0) is 27.2 Å². The number of aromatic nitrogens is 2. The summed E-state index contributed by atoms with van der Waals surface area (Å²) in [5.41, 5.74) is 2.87. The summed E-state index contributed by atoms with van der Waals surface area (Å²) in [4.78, 5) is 18.8. The van der Waals surface area contributed by atoms with Crippen LogP contribution in [0.4, 0.5) is 4.39 Å². The molecule has 1 amide bonds. The maximum atomic E-state index is 13.1. The molecular weight excluding hydrogens is 349 g/mol. The average Bonchev–Trinajstić information content (AvgIpc) is 3.35. The number of rotatable bonds is 6. The topological polar surface area (TPSA) is 56.6 Å². The third kappa shape index (κ3) is 4.20. The first-order chi connectivity index (χ1) is 13.2. The van der Waals surface area contributed by atoms with Crippen LogP contribution >= 0.6 is 0 Å². The third-order valence-corrected chi connectivity index (χ3v) is 5.16. The van der Waals surface area contributed by atoms with E-state index in [1.54, 1.807) is 18.5 Å². The lowest BCUT2D eigenvalue weighted by Crippen LogP contribution is -2.37. The van der Waals surface area contributed by atoms with Gasteiger partial charge in [0.2, 0.25) is 5.91 Å². The number of ether oxygens (including phenoxy) is 2. The molecule has 27 heavy (non-hydrogen) atoms. The predicted molar refractivity (Wildman–Crippen MR) is 97.1 cm³/mol. The molecule has 1 aromatic carbocycles. The number of carbonyl (C=O) groups is 1. The van der Waals surface area contributed by atoms with Crippen LogP contribution in [0.1, 0.15) is 30.7 Å². The largest absolute Gasteiger partial charge is 0.378 e. The molecule has 0 aliphatic carbocycles. The number of halogens is 1. The first-order valence-corrected chi connectivity index (χ1v) is 9.49. The minimum atomic E-state index is -0.258. The SMILES string of the molecule is O=C(CCOC[C@H]1CCCO1)N1CCc2c(ncn2-c2ccc(F)cc2)C1. The minimum absolute atomic E-state index is 0.0873. The Kier molecular flexibility index (Phi) is 5.50. The number of benzene rings is 1. The second-order valence-corrected chi connectivity index (χ2v) is 7.01. The molecule has 4 rings (SSSR count). The predicted octanol–water partition coefficient (Wildman–Crippen LogP) is 2.48. The highest BCUT2D eigenvalue weighted by atomic mass is 19.1. The fraction of sp³-hybridized carbons (Fsp3) is 0.500. The van der Waals surface area contributed by atoms with Gasteiger partial charge in [-0.05, 0) is 37.1 Å². The molecule has 0 bridgehead atoms. The molecular formula is C20H24FN3O3. The van der Waals surface area contributed by atoms with E-state index in [1.807, 2.05) is 9.47 Å². The summed E-state index contributed by atoms with van der Waals surface area (Å²) in [7, 11) is 0. The number of carbonyl (C=O) groups excluding carboxylic acids is 1. The highest BCUT2D eigenvalue weighted by Crippen LogP contribution is 2.22. The summed E-state index contributed by atoms with van der Waals surface area (Å²) < 4.78 is 26.2. The molecule has 2 aliphatic heterocycles. The standard InChI is InChI=1S/C20H24FN3O3/c21-15-3-5-16(6-4-15)24-14-22-18-12-23(9-7-19(18)24)20(25)8-11-26-13-17-2-1-10-27-17/h3-6,14,17H,1-2,7-13H2/t17-/m1/s1. The van der Waals surface area contributed by atoms with Gasteiger partial charge in [-0.3, -0.25) is 4.79 Å². The van der Waals surface area contributed by atoms with Crippen LogP contribution in [0.25, 0.3) is 5.69 Å². The zero-order chi connectivity index (χ0) is 18.6. The fourth-order valence-corrected chi connectivity index (χ4v) is 3.65. The number of nitrogens with zero attached hydrogens (tertiary/aromatic N) is 3. The number of amides is 1. The highest BCUT2D eigenvalue weighted by Gasteiger charge is 2.24. The molecule has 6 nitrogen and oxygen atoms in total. The molecule has 7 heteroatoms. The van der Waals surface area contributed by atoms with Crippen LogP contribution in [0, 0.1) is 5.82 Å². The molecule has 0 saturated carbocycles. The molecule has 0 unspecified atom stereocenters. The van der Waals surface area contributed by atoms with Crippen LogP contribution in [0.5, 0.6) is 0 Å². The smallest absolute Gasteiger partial charge is 0.225 e. The molecule has 1 atom stereocenters. The van der Waals surface area contributed by atoms with Crippen molar-refractivity contribution in [3.05, 3.63) is 47.8 Å². The highest BCUT2D eigenvalue weighted by molar-refractivity contribution is 5.76. The normalized spacial score (nSPS) is 19.3. The second-order valence-electron chi connectivity index (χ2n) is 7.01. The van der Waals surface area contributed by atoms with Gasteiger partial charge in [-0.1, -0.05) is 0 Å². The monoisotopic (exact) mass is 373 g/mol. The summed E-state index contributed by atoms with van der Waals surface area (Å²) in [6.07, 6.45) is 5.17. The van der Waals surface area contributed by atoms with Crippen molar-refractivity contribution in [1.82, 2.24) is 14.5 Å². The molecule has 1 saturated heterocycles. The van der Waals surface area contributed by atoms with Gasteiger partial charge in [0.15, 0.2) is 0 Å². The van der Waals surface area contributed by atoms with Crippen molar-refractivity contribution in [2.24, 2.45) is 0 Å². The molecule has 0 radical (unpaired) electrons. The van der Waals surface area contributed by atoms with E-state index < -0.39 is 0 Å². The van der Waals surface area contributed by atoms with Gasteiger partial charge in [0, 0.05) is 31.0 Å². The molecule has 1 aromatic heterocycles. The van der Waals surface area contributed by atoms with Crippen molar-refractivity contribution >= 4 is 5.91 Å². The number of hydrogen-bond donors (Lipinski definition) is 0. The molecule has 1 fully saturated rings. The minimum Gasteiger partial charge on any atom is -0.378 e. The van der Waals surface area contributed by atoms with Gasteiger partial charge in [-0.2, -0.15) is 0 Å². The van der Waals surface area contributed by atoms with E-state index in [4.69, 9.17) is 9.47 Å². The Morgan fingerprint density at radius 1 is 1.33 bits per heavy atom. The van der Waals surface area contributed by atoms with E-state index in [-0.39, 0.29) is 17.8 Å². The Labute approximate surface area is 157 Å². The van der Waals surface area contributed by atoms with Gasteiger partial charge >= 0.3 is 0 Å². The number of imidazole rings is 1. The quantitative estimate of drug-likeness (QED) is 0.730. The van der Waals surface area contributed by atoms with E-state index in [0.717, 1.165) is 42.9 Å². The van der Waals surface area contributed by atoms with Crippen LogP contribution in [0.2, 0.25) is 0 Å². The Morgan fingerprint density at radius 2 is 2.19 bits per heavy atom.